The zero-order valence-electron chi connectivity index (χ0n) is 4.55. The van der Waals surface area contributed by atoms with Crippen LogP contribution in [-0.2, 0) is 0 Å². The molecule has 0 aliphatic rings. The van der Waals surface area contributed by atoms with Crippen molar-refractivity contribution in [2.45, 2.75) is 19.8 Å². The normalized spacial score (nSPS) is 13.5. The van der Waals surface area contributed by atoms with E-state index in [1.165, 1.54) is 18.9 Å². The molecule has 0 saturated heterocycles. The molecule has 0 aliphatic heterocycles. The largest absolute Gasteiger partial charge is 0.0651 e. The number of hydrogen-bond acceptors (Lipinski definition) is 0. The second-order valence-electron chi connectivity index (χ2n) is 1.42. The molecule has 0 aromatic carbocycles. The minimum atomic E-state index is 1.20. The second kappa shape index (κ2) is 5.46. The van der Waals surface area contributed by atoms with Gasteiger partial charge in [-0.1, -0.05) is 13.3 Å². The summed E-state index contributed by atoms with van der Waals surface area (Å²) in [6, 6.07) is 0. The molecule has 0 saturated carbocycles. The molecule has 0 heterocycles. The highest BCUT2D eigenvalue weighted by Gasteiger charge is 1.92. The number of rotatable bonds is 2. The lowest BCUT2D eigenvalue weighted by Crippen LogP contribution is -1.68. The Morgan fingerprint density at radius 3 is 2.12 bits per heavy atom. The minimum Gasteiger partial charge on any atom is -0.0650 e. The fourth-order valence-corrected chi connectivity index (χ4v) is 1.32. The summed E-state index contributed by atoms with van der Waals surface area (Å²) in [5.41, 5.74) is 0. The highest BCUT2D eigenvalue weighted by Crippen LogP contribution is 2.27. The van der Waals surface area contributed by atoms with E-state index in [0.29, 0.717) is 0 Å². The summed E-state index contributed by atoms with van der Waals surface area (Å²) in [5.74, 6) is 0. The molecule has 48 valence electrons. The molecule has 0 fully saturated rings. The van der Waals surface area contributed by atoms with Gasteiger partial charge in [0.15, 0.2) is 0 Å². The molecule has 0 bridgehead atoms. The maximum Gasteiger partial charge on any atom is 0.0651 e. The maximum atomic E-state index is 3.40. The molecular formula is C5H7BrI2. The van der Waals surface area contributed by atoms with Gasteiger partial charge in [0.25, 0.3) is 0 Å². The fourth-order valence-electron chi connectivity index (χ4n) is 0.314. The molecule has 0 nitrogen and oxygen atoms in total. The van der Waals surface area contributed by atoms with E-state index in [1.807, 2.05) is 0 Å². The summed E-state index contributed by atoms with van der Waals surface area (Å²) in [5, 5.41) is 0. The number of halogens is 3. The molecule has 0 spiro atoms. The lowest BCUT2D eigenvalue weighted by Gasteiger charge is -1.92. The summed E-state index contributed by atoms with van der Waals surface area (Å²) in [6.07, 6.45) is 2.43. The third kappa shape index (κ3) is 4.55. The van der Waals surface area contributed by atoms with E-state index in [1.54, 1.807) is 0 Å². The highest BCUT2D eigenvalue weighted by atomic mass is 127. The van der Waals surface area contributed by atoms with Gasteiger partial charge in [0.1, 0.15) is 0 Å². The minimum absolute atomic E-state index is 1.20. The fraction of sp³-hybridized carbons (Fsp3) is 0.600. The Labute approximate surface area is 85.9 Å². The van der Waals surface area contributed by atoms with Crippen LogP contribution in [0.2, 0.25) is 0 Å². The first-order valence-corrected chi connectivity index (χ1v) is 5.33. The van der Waals surface area contributed by atoms with Gasteiger partial charge in [-0.2, -0.15) is 0 Å². The van der Waals surface area contributed by atoms with Crippen LogP contribution in [0.3, 0.4) is 0 Å². The molecule has 8 heavy (non-hydrogen) atoms. The van der Waals surface area contributed by atoms with Crippen molar-refractivity contribution in [1.82, 2.24) is 0 Å². The van der Waals surface area contributed by atoms with Gasteiger partial charge in [0, 0.05) is 3.58 Å². The Morgan fingerprint density at radius 2 is 2.00 bits per heavy atom. The quantitative estimate of drug-likeness (QED) is 0.609. The average molecular weight is 401 g/mol. The molecule has 0 amide bonds. The zero-order chi connectivity index (χ0) is 6.57. The van der Waals surface area contributed by atoms with Crippen molar-refractivity contribution < 1.29 is 0 Å². The van der Waals surface area contributed by atoms with Gasteiger partial charge in [-0.05, 0) is 67.5 Å². The van der Waals surface area contributed by atoms with E-state index in [0.717, 1.165) is 0 Å². The molecular weight excluding hydrogens is 394 g/mol. The van der Waals surface area contributed by atoms with Crippen molar-refractivity contribution in [2.24, 2.45) is 0 Å². The molecule has 0 aromatic rings. The Balaban J connectivity index is 3.62. The summed E-state index contributed by atoms with van der Waals surface area (Å²) in [4.78, 5) is 0. The predicted octanol–water partition coefficient (Wildman–Crippen LogP) is 4.22. The Morgan fingerprint density at radius 1 is 1.50 bits per heavy atom. The molecule has 0 unspecified atom stereocenters. The smallest absolute Gasteiger partial charge is 0.0650 e. The van der Waals surface area contributed by atoms with Crippen molar-refractivity contribution in [2.75, 3.05) is 0 Å². The first-order valence-electron chi connectivity index (χ1n) is 2.38. The predicted molar refractivity (Wildman–Crippen MR) is 58.9 cm³/mol. The summed E-state index contributed by atoms with van der Waals surface area (Å²) in [6.45, 7) is 2.19. The highest BCUT2D eigenvalue weighted by molar-refractivity contribution is 14.1. The van der Waals surface area contributed by atoms with E-state index in [2.05, 4.69) is 68.0 Å². The van der Waals surface area contributed by atoms with Gasteiger partial charge in [0.2, 0.25) is 0 Å². The Hall–Kier alpha value is 1.68. The van der Waals surface area contributed by atoms with Gasteiger partial charge in [-0.25, -0.2) is 0 Å². The lowest BCUT2D eigenvalue weighted by molar-refractivity contribution is 0.955. The molecule has 0 aliphatic carbocycles. The van der Waals surface area contributed by atoms with Gasteiger partial charge in [-0.3, -0.25) is 0 Å². The standard InChI is InChI=1S/C5H7BrI2/c1-2-3-4(7)5(6)8/h2-3H2,1H3/b5-4-. The molecule has 0 atom stereocenters. The van der Waals surface area contributed by atoms with Gasteiger partial charge < -0.3 is 0 Å². The Bertz CT molecular complexity index is 94.6. The first kappa shape index (κ1) is 9.68. The summed E-state index contributed by atoms with van der Waals surface area (Å²) >= 11 is 8.04. The van der Waals surface area contributed by atoms with Crippen LogP contribution in [0.5, 0.6) is 0 Å². The third-order valence-corrected chi connectivity index (χ3v) is 4.66. The monoisotopic (exact) mass is 400 g/mol. The van der Waals surface area contributed by atoms with E-state index in [-0.39, 0.29) is 0 Å². The van der Waals surface area contributed by atoms with Gasteiger partial charge in [-0.15, -0.1) is 0 Å². The van der Waals surface area contributed by atoms with Crippen molar-refractivity contribution in [1.29, 1.82) is 0 Å². The van der Waals surface area contributed by atoms with Crippen LogP contribution in [0.25, 0.3) is 0 Å². The average Bonchev–Trinajstić information content (AvgIpc) is 1.67. The lowest BCUT2D eigenvalue weighted by atomic mass is 10.3. The summed E-state index contributed by atoms with van der Waals surface area (Å²) < 4.78 is 2.67. The van der Waals surface area contributed by atoms with E-state index >= 15 is 0 Å². The van der Waals surface area contributed by atoms with Crippen molar-refractivity contribution in [3.8, 4) is 0 Å². The summed E-state index contributed by atoms with van der Waals surface area (Å²) in [7, 11) is 0. The first-order chi connectivity index (χ1) is 3.68. The zero-order valence-corrected chi connectivity index (χ0v) is 10.4. The van der Waals surface area contributed by atoms with Crippen LogP contribution in [0.1, 0.15) is 19.8 Å². The van der Waals surface area contributed by atoms with E-state index < -0.39 is 0 Å². The Kier molecular flexibility index (Phi) is 6.61. The van der Waals surface area contributed by atoms with Crippen LogP contribution >= 0.6 is 61.1 Å². The maximum absolute atomic E-state index is 3.40. The molecule has 0 N–H and O–H groups in total. The number of allylic oxidation sites excluding steroid dienone is 1. The van der Waals surface area contributed by atoms with Crippen LogP contribution in [-0.4, -0.2) is 0 Å². The van der Waals surface area contributed by atoms with E-state index in [9.17, 15) is 0 Å². The van der Waals surface area contributed by atoms with Gasteiger partial charge in [0.05, 0.1) is 2.49 Å². The topological polar surface area (TPSA) is 0 Å². The number of hydrogen-bond donors (Lipinski definition) is 0. The molecule has 0 aromatic heterocycles. The van der Waals surface area contributed by atoms with Crippen LogP contribution in [0.4, 0.5) is 0 Å². The van der Waals surface area contributed by atoms with Gasteiger partial charge >= 0.3 is 0 Å². The van der Waals surface area contributed by atoms with Crippen molar-refractivity contribution in [3.05, 3.63) is 6.07 Å². The van der Waals surface area contributed by atoms with Crippen molar-refractivity contribution >= 4 is 61.1 Å². The van der Waals surface area contributed by atoms with Crippen LogP contribution in [0, 0.1) is 0 Å². The molecule has 0 rings (SSSR count). The molecule has 3 heteroatoms. The van der Waals surface area contributed by atoms with Crippen LogP contribution < -0.4 is 0 Å². The SMILES string of the molecule is CCC/C(I)=C(\Br)I. The van der Waals surface area contributed by atoms with Crippen LogP contribution in [0.15, 0.2) is 6.07 Å². The third-order valence-electron chi connectivity index (χ3n) is 0.675. The van der Waals surface area contributed by atoms with E-state index in [4.69, 9.17) is 0 Å². The molecule has 0 radical (unpaired) electrons. The van der Waals surface area contributed by atoms with Crippen molar-refractivity contribution in [3.63, 3.8) is 0 Å². The second-order valence-corrected chi connectivity index (χ2v) is 6.07.